The predicted molar refractivity (Wildman–Crippen MR) is 110 cm³/mol. The molecule has 1 fully saturated rings. The van der Waals surface area contributed by atoms with Crippen molar-refractivity contribution in [1.29, 1.82) is 0 Å². The lowest BCUT2D eigenvalue weighted by Crippen LogP contribution is -2.24. The first-order chi connectivity index (χ1) is 14.1. The molecule has 2 aromatic carbocycles. The molecule has 1 unspecified atom stereocenters. The lowest BCUT2D eigenvalue weighted by atomic mass is 10.1. The Bertz CT molecular complexity index is 1250. The number of rotatable bonds is 3. The number of nitrogens with zero attached hydrogens (tertiary/aromatic N) is 4. The Labute approximate surface area is 168 Å². The monoisotopic (exact) mass is 409 g/mol. The number of benzene rings is 2. The van der Waals surface area contributed by atoms with Crippen molar-refractivity contribution < 1.29 is 8.94 Å². The lowest BCUT2D eigenvalue weighted by molar-refractivity contribution is 0.598. The SMILES string of the molecule is O=c1[nH]c2ccc(F)cc2cc1-c1cn(-c2ccc(N3CCC[S+]3[O-])cc2)nn1. The Hall–Kier alpha value is -3.17. The number of H-pyrrole nitrogens is 1. The molecule has 1 saturated heterocycles. The van der Waals surface area contributed by atoms with E-state index in [4.69, 9.17) is 0 Å². The van der Waals surface area contributed by atoms with E-state index >= 15 is 0 Å². The molecule has 29 heavy (non-hydrogen) atoms. The zero-order chi connectivity index (χ0) is 20.0. The second-order valence-electron chi connectivity index (χ2n) is 6.79. The third kappa shape index (κ3) is 3.28. The first-order valence-electron chi connectivity index (χ1n) is 9.10. The van der Waals surface area contributed by atoms with Gasteiger partial charge in [-0.25, -0.2) is 9.07 Å². The number of hydrogen-bond acceptors (Lipinski definition) is 5. The molecule has 1 aliphatic rings. The summed E-state index contributed by atoms with van der Waals surface area (Å²) in [5.74, 6) is 0.316. The molecular weight excluding hydrogens is 393 g/mol. The summed E-state index contributed by atoms with van der Waals surface area (Å²) in [7, 11) is 0. The fourth-order valence-corrected chi connectivity index (χ4v) is 4.73. The van der Waals surface area contributed by atoms with Gasteiger partial charge in [-0.1, -0.05) is 5.21 Å². The van der Waals surface area contributed by atoms with Gasteiger partial charge in [-0.3, -0.25) is 4.79 Å². The fourth-order valence-electron chi connectivity index (χ4n) is 3.44. The molecule has 0 bridgehead atoms. The van der Waals surface area contributed by atoms with Gasteiger partial charge in [0.1, 0.15) is 17.3 Å². The average molecular weight is 409 g/mol. The van der Waals surface area contributed by atoms with Crippen LogP contribution in [0.4, 0.5) is 10.1 Å². The van der Waals surface area contributed by atoms with E-state index in [0.29, 0.717) is 27.9 Å². The van der Waals surface area contributed by atoms with Gasteiger partial charge in [-0.2, -0.15) is 4.31 Å². The van der Waals surface area contributed by atoms with Crippen molar-refractivity contribution in [2.24, 2.45) is 0 Å². The van der Waals surface area contributed by atoms with Crippen LogP contribution in [0.2, 0.25) is 0 Å². The number of hydrogen-bond donors (Lipinski definition) is 1. The molecule has 0 saturated carbocycles. The molecule has 3 heterocycles. The van der Waals surface area contributed by atoms with E-state index in [0.717, 1.165) is 24.3 Å². The molecule has 2 aromatic heterocycles. The number of anilines is 1. The van der Waals surface area contributed by atoms with Crippen LogP contribution in [-0.4, -0.2) is 36.8 Å². The van der Waals surface area contributed by atoms with Crippen LogP contribution < -0.4 is 9.86 Å². The van der Waals surface area contributed by atoms with Crippen LogP contribution in [0.5, 0.6) is 0 Å². The summed E-state index contributed by atoms with van der Waals surface area (Å²) in [6, 6.07) is 13.3. The van der Waals surface area contributed by atoms with Crippen LogP contribution >= 0.6 is 0 Å². The van der Waals surface area contributed by atoms with Crippen LogP contribution in [0.1, 0.15) is 6.42 Å². The highest BCUT2D eigenvalue weighted by atomic mass is 32.2. The molecule has 1 aliphatic heterocycles. The van der Waals surface area contributed by atoms with Crippen molar-refractivity contribution in [1.82, 2.24) is 20.0 Å². The minimum absolute atomic E-state index is 0.317. The van der Waals surface area contributed by atoms with Crippen LogP contribution in [0.15, 0.2) is 59.5 Å². The number of aromatic nitrogens is 4. The van der Waals surface area contributed by atoms with E-state index in [1.807, 2.05) is 28.6 Å². The van der Waals surface area contributed by atoms with Crippen LogP contribution in [0.3, 0.4) is 0 Å². The lowest BCUT2D eigenvalue weighted by Gasteiger charge is -2.18. The molecule has 0 spiro atoms. The van der Waals surface area contributed by atoms with E-state index in [-0.39, 0.29) is 11.4 Å². The normalized spacial score (nSPS) is 16.6. The summed E-state index contributed by atoms with van der Waals surface area (Å²) in [4.78, 5) is 15.2. The molecule has 0 radical (unpaired) electrons. The summed E-state index contributed by atoms with van der Waals surface area (Å²) >= 11 is -0.966. The zero-order valence-electron chi connectivity index (χ0n) is 15.2. The maximum atomic E-state index is 13.5. The zero-order valence-corrected chi connectivity index (χ0v) is 16.0. The van der Waals surface area contributed by atoms with Crippen LogP contribution in [0, 0.1) is 5.82 Å². The molecule has 4 aromatic rings. The minimum Gasteiger partial charge on any atom is -0.593 e. The van der Waals surface area contributed by atoms with Gasteiger partial charge in [0, 0.05) is 17.3 Å². The smallest absolute Gasteiger partial charge is 0.258 e. The van der Waals surface area contributed by atoms with Crippen molar-refractivity contribution in [2.45, 2.75) is 6.42 Å². The Balaban J connectivity index is 1.47. The number of pyridine rings is 1. The van der Waals surface area contributed by atoms with Crippen molar-refractivity contribution in [3.05, 3.63) is 70.9 Å². The van der Waals surface area contributed by atoms with Gasteiger partial charge in [-0.05, 0) is 48.5 Å². The number of fused-ring (bicyclic) bond motifs is 1. The third-order valence-electron chi connectivity index (χ3n) is 4.90. The summed E-state index contributed by atoms with van der Waals surface area (Å²) in [5, 5.41) is 8.80. The molecule has 7 nitrogen and oxygen atoms in total. The Morgan fingerprint density at radius 1 is 1.10 bits per heavy atom. The third-order valence-corrected chi connectivity index (χ3v) is 6.43. The number of aromatic amines is 1. The van der Waals surface area contributed by atoms with Crippen LogP contribution in [0.25, 0.3) is 27.8 Å². The molecule has 9 heteroatoms. The highest BCUT2D eigenvalue weighted by molar-refractivity contribution is 7.93. The second kappa shape index (κ2) is 7.02. The first-order valence-corrected chi connectivity index (χ1v) is 10.4. The topological polar surface area (TPSA) is 89.9 Å². The molecule has 1 atom stereocenters. The number of halogens is 1. The highest BCUT2D eigenvalue weighted by Crippen LogP contribution is 2.25. The van der Waals surface area contributed by atoms with Gasteiger partial charge in [0.15, 0.2) is 0 Å². The van der Waals surface area contributed by atoms with Gasteiger partial charge in [0.05, 0.1) is 41.0 Å². The standard InChI is InChI=1S/C20H16FN5O2S/c21-14-2-7-18-13(10-14)11-17(20(27)22-18)19-12-25(24-23-19)15-3-5-16(6-4-15)26-8-1-9-29(26)28/h2-7,10-12H,1,8-9H2,(H,22,27). The Kier molecular flexibility index (Phi) is 4.33. The summed E-state index contributed by atoms with van der Waals surface area (Å²) < 4.78 is 29.0. The Morgan fingerprint density at radius 2 is 1.90 bits per heavy atom. The Morgan fingerprint density at radius 3 is 2.66 bits per heavy atom. The maximum Gasteiger partial charge on any atom is 0.258 e. The quantitative estimate of drug-likeness (QED) is 0.526. The molecular formula is C20H16FN5O2S. The molecule has 5 rings (SSSR count). The van der Waals surface area contributed by atoms with Crippen molar-refractivity contribution in [3.8, 4) is 16.9 Å². The van der Waals surface area contributed by atoms with Crippen molar-refractivity contribution >= 4 is 28.0 Å². The van der Waals surface area contributed by atoms with Crippen molar-refractivity contribution in [3.63, 3.8) is 0 Å². The van der Waals surface area contributed by atoms with Crippen molar-refractivity contribution in [2.75, 3.05) is 16.6 Å². The van der Waals surface area contributed by atoms with E-state index in [9.17, 15) is 13.7 Å². The molecule has 0 aliphatic carbocycles. The summed E-state index contributed by atoms with van der Waals surface area (Å²) in [5.41, 5.74) is 2.62. The largest absolute Gasteiger partial charge is 0.593 e. The molecule has 146 valence electrons. The number of nitrogens with one attached hydrogen (secondary N) is 1. The van der Waals surface area contributed by atoms with Gasteiger partial charge >= 0.3 is 0 Å². The van der Waals surface area contributed by atoms with Gasteiger partial charge < -0.3 is 9.54 Å². The molecule has 0 amide bonds. The van der Waals surface area contributed by atoms with E-state index in [2.05, 4.69) is 15.3 Å². The van der Waals surface area contributed by atoms with E-state index < -0.39 is 11.4 Å². The van der Waals surface area contributed by atoms with Gasteiger partial charge in [0.2, 0.25) is 0 Å². The minimum atomic E-state index is -0.966. The van der Waals surface area contributed by atoms with Crippen LogP contribution in [-0.2, 0) is 11.4 Å². The second-order valence-corrected chi connectivity index (χ2v) is 8.28. The van der Waals surface area contributed by atoms with Gasteiger partial charge in [-0.15, -0.1) is 5.10 Å². The van der Waals surface area contributed by atoms with E-state index in [1.54, 1.807) is 16.9 Å². The fraction of sp³-hybridized carbons (Fsp3) is 0.150. The maximum absolute atomic E-state index is 13.5. The summed E-state index contributed by atoms with van der Waals surface area (Å²) in [6.45, 7) is 0.783. The molecule has 1 N–H and O–H groups in total. The van der Waals surface area contributed by atoms with Gasteiger partial charge in [0.25, 0.3) is 5.56 Å². The first kappa shape index (κ1) is 17.9. The predicted octanol–water partition coefficient (Wildman–Crippen LogP) is 2.79. The average Bonchev–Trinajstić information content (AvgIpc) is 3.37. The van der Waals surface area contributed by atoms with E-state index in [1.165, 1.54) is 18.2 Å². The highest BCUT2D eigenvalue weighted by Gasteiger charge is 2.26. The summed E-state index contributed by atoms with van der Waals surface area (Å²) in [6.07, 6.45) is 2.57.